The van der Waals surface area contributed by atoms with E-state index in [0.29, 0.717) is 19.8 Å². The first kappa shape index (κ1) is 11.5. The van der Waals surface area contributed by atoms with Gasteiger partial charge in [-0.25, -0.2) is 0 Å². The summed E-state index contributed by atoms with van der Waals surface area (Å²) in [6, 6.07) is 5.11. The molecule has 0 aliphatic rings. The van der Waals surface area contributed by atoms with E-state index in [9.17, 15) is 4.79 Å². The minimum absolute atomic E-state index is 0.189. The quantitative estimate of drug-likeness (QED) is 0.679. The lowest BCUT2D eigenvalue weighted by molar-refractivity contribution is 0.141. The molecule has 0 saturated carbocycles. The second-order valence-corrected chi connectivity index (χ2v) is 3.08. The molecule has 0 unspecified atom stereocenters. The van der Waals surface area contributed by atoms with Crippen molar-refractivity contribution in [3.8, 4) is 6.07 Å². The van der Waals surface area contributed by atoms with Gasteiger partial charge in [0.05, 0.1) is 0 Å². The van der Waals surface area contributed by atoms with Crippen molar-refractivity contribution in [2.24, 2.45) is 0 Å². The number of aromatic nitrogens is 1. The van der Waals surface area contributed by atoms with Gasteiger partial charge in [0.15, 0.2) is 0 Å². The van der Waals surface area contributed by atoms with Crippen LogP contribution in [0.1, 0.15) is 18.9 Å². The summed E-state index contributed by atoms with van der Waals surface area (Å²) in [7, 11) is 0. The molecule has 0 spiro atoms. The molecule has 1 aromatic rings. The third-order valence-electron chi connectivity index (χ3n) is 2.03. The third kappa shape index (κ3) is 3.22. The Labute approximate surface area is 88.7 Å². The highest BCUT2D eigenvalue weighted by molar-refractivity contribution is 5.24. The fourth-order valence-electron chi connectivity index (χ4n) is 1.28. The van der Waals surface area contributed by atoms with Crippen molar-refractivity contribution in [1.29, 1.82) is 5.26 Å². The van der Waals surface area contributed by atoms with Crippen LogP contribution in [-0.4, -0.2) is 17.8 Å². The number of hydrogen-bond donors (Lipinski definition) is 0. The van der Waals surface area contributed by atoms with Gasteiger partial charge in [0.2, 0.25) is 0 Å². The molecule has 4 heteroatoms. The molecule has 0 aliphatic carbocycles. The van der Waals surface area contributed by atoms with E-state index in [1.165, 1.54) is 10.6 Å². The maximum absolute atomic E-state index is 11.6. The van der Waals surface area contributed by atoms with Gasteiger partial charge < -0.3 is 9.30 Å². The maximum atomic E-state index is 11.6. The molecule has 0 N–H and O–H groups in total. The largest absolute Gasteiger partial charge is 0.382 e. The van der Waals surface area contributed by atoms with Crippen LogP contribution in [-0.2, 0) is 11.3 Å². The second-order valence-electron chi connectivity index (χ2n) is 3.08. The summed E-state index contributed by atoms with van der Waals surface area (Å²) < 4.78 is 6.71. The zero-order valence-electron chi connectivity index (χ0n) is 8.77. The van der Waals surface area contributed by atoms with Gasteiger partial charge >= 0.3 is 0 Å². The first-order valence-corrected chi connectivity index (χ1v) is 4.97. The topological polar surface area (TPSA) is 55.0 Å². The Morgan fingerprint density at radius 3 is 3.07 bits per heavy atom. The first-order valence-electron chi connectivity index (χ1n) is 4.97. The number of hydrogen-bond acceptors (Lipinski definition) is 3. The van der Waals surface area contributed by atoms with E-state index in [1.807, 2.05) is 13.0 Å². The van der Waals surface area contributed by atoms with Crippen LogP contribution in [0.3, 0.4) is 0 Å². The Balaban J connectivity index is 2.63. The van der Waals surface area contributed by atoms with E-state index in [0.717, 1.165) is 6.42 Å². The van der Waals surface area contributed by atoms with E-state index in [2.05, 4.69) is 0 Å². The molecular weight excluding hydrogens is 192 g/mol. The van der Waals surface area contributed by atoms with Crippen LogP contribution in [0.4, 0.5) is 0 Å². The van der Waals surface area contributed by atoms with Gasteiger partial charge in [-0.2, -0.15) is 5.26 Å². The van der Waals surface area contributed by atoms with Crippen molar-refractivity contribution < 1.29 is 4.74 Å². The summed E-state index contributed by atoms with van der Waals surface area (Å²) in [6.07, 6.45) is 2.47. The summed E-state index contributed by atoms with van der Waals surface area (Å²) in [5.41, 5.74) is -0.0367. The average molecular weight is 206 g/mol. The van der Waals surface area contributed by atoms with Gasteiger partial charge in [-0.05, 0) is 25.5 Å². The molecular formula is C11H14N2O2. The van der Waals surface area contributed by atoms with E-state index in [4.69, 9.17) is 10.00 Å². The van der Waals surface area contributed by atoms with Crippen LogP contribution in [0.25, 0.3) is 0 Å². The molecule has 0 bridgehead atoms. The molecule has 1 aromatic heterocycles. The van der Waals surface area contributed by atoms with Crippen molar-refractivity contribution in [2.45, 2.75) is 19.9 Å². The molecule has 80 valence electrons. The average Bonchev–Trinajstić information content (AvgIpc) is 2.26. The van der Waals surface area contributed by atoms with Crippen molar-refractivity contribution in [1.82, 2.24) is 4.57 Å². The summed E-state index contributed by atoms with van der Waals surface area (Å²) in [4.78, 5) is 11.6. The molecule has 1 rings (SSSR count). The Bertz CT molecular complexity index is 404. The third-order valence-corrected chi connectivity index (χ3v) is 2.03. The van der Waals surface area contributed by atoms with Gasteiger partial charge in [-0.3, -0.25) is 4.79 Å². The molecule has 15 heavy (non-hydrogen) atoms. The SMILES string of the molecule is CCOCCCn1cccc(C#N)c1=O. The van der Waals surface area contributed by atoms with E-state index in [1.54, 1.807) is 12.3 Å². The predicted molar refractivity (Wildman–Crippen MR) is 56.5 cm³/mol. The van der Waals surface area contributed by atoms with Crippen molar-refractivity contribution in [3.05, 3.63) is 34.2 Å². The zero-order valence-corrected chi connectivity index (χ0v) is 8.77. The van der Waals surface area contributed by atoms with Gasteiger partial charge in [-0.1, -0.05) is 0 Å². The Kier molecular flexibility index (Phi) is 4.58. The lowest BCUT2D eigenvalue weighted by Gasteiger charge is -2.05. The van der Waals surface area contributed by atoms with Crippen LogP contribution in [0.2, 0.25) is 0 Å². The summed E-state index contributed by atoms with van der Waals surface area (Å²) in [5.74, 6) is 0. The highest BCUT2D eigenvalue weighted by atomic mass is 16.5. The molecule has 0 amide bonds. The van der Waals surface area contributed by atoms with Crippen LogP contribution >= 0.6 is 0 Å². The summed E-state index contributed by atoms with van der Waals surface area (Å²) in [6.45, 7) is 3.85. The lowest BCUT2D eigenvalue weighted by Crippen LogP contribution is -2.22. The van der Waals surface area contributed by atoms with Crippen LogP contribution in [0.5, 0.6) is 0 Å². The first-order chi connectivity index (χ1) is 7.29. The molecule has 0 atom stereocenters. The Morgan fingerprint density at radius 2 is 2.40 bits per heavy atom. The molecule has 0 radical (unpaired) electrons. The number of nitriles is 1. The number of pyridine rings is 1. The van der Waals surface area contributed by atoms with Gasteiger partial charge in [0, 0.05) is 26.0 Å². The van der Waals surface area contributed by atoms with Crippen molar-refractivity contribution >= 4 is 0 Å². The van der Waals surface area contributed by atoms with Crippen LogP contribution in [0.15, 0.2) is 23.1 Å². The molecule has 1 heterocycles. The monoisotopic (exact) mass is 206 g/mol. The van der Waals surface area contributed by atoms with Gasteiger partial charge in [0.1, 0.15) is 11.6 Å². The van der Waals surface area contributed by atoms with Crippen molar-refractivity contribution in [3.63, 3.8) is 0 Å². The van der Waals surface area contributed by atoms with Crippen LogP contribution < -0.4 is 5.56 Å². The minimum atomic E-state index is -0.225. The summed E-state index contributed by atoms with van der Waals surface area (Å²) in [5, 5.41) is 8.66. The lowest BCUT2D eigenvalue weighted by atomic mass is 10.3. The smallest absolute Gasteiger partial charge is 0.268 e. The molecule has 0 fully saturated rings. The molecule has 0 aliphatic heterocycles. The fourth-order valence-corrected chi connectivity index (χ4v) is 1.28. The Hall–Kier alpha value is -1.60. The number of ether oxygens (including phenoxy) is 1. The maximum Gasteiger partial charge on any atom is 0.268 e. The normalized spacial score (nSPS) is 9.87. The summed E-state index contributed by atoms with van der Waals surface area (Å²) >= 11 is 0. The molecule has 0 saturated heterocycles. The fraction of sp³-hybridized carbons (Fsp3) is 0.455. The molecule has 0 aromatic carbocycles. The predicted octanol–water partition coefficient (Wildman–Crippen LogP) is 1.15. The van der Waals surface area contributed by atoms with Crippen molar-refractivity contribution in [2.75, 3.05) is 13.2 Å². The Morgan fingerprint density at radius 1 is 1.60 bits per heavy atom. The number of rotatable bonds is 5. The highest BCUT2D eigenvalue weighted by Crippen LogP contribution is 1.92. The molecule has 4 nitrogen and oxygen atoms in total. The van der Waals surface area contributed by atoms with E-state index >= 15 is 0 Å². The highest BCUT2D eigenvalue weighted by Gasteiger charge is 2.00. The van der Waals surface area contributed by atoms with E-state index < -0.39 is 0 Å². The number of aryl methyl sites for hydroxylation is 1. The van der Waals surface area contributed by atoms with Gasteiger partial charge in [-0.15, -0.1) is 0 Å². The zero-order chi connectivity index (χ0) is 11.1. The standard InChI is InChI=1S/C11H14N2O2/c1-2-15-8-4-7-13-6-3-5-10(9-12)11(13)14/h3,5-6H,2,4,7-8H2,1H3. The van der Waals surface area contributed by atoms with Crippen LogP contribution in [0, 0.1) is 11.3 Å². The minimum Gasteiger partial charge on any atom is -0.382 e. The second kappa shape index (κ2) is 5.99. The number of nitrogens with zero attached hydrogens (tertiary/aromatic N) is 2. The van der Waals surface area contributed by atoms with Gasteiger partial charge in [0.25, 0.3) is 5.56 Å². The van der Waals surface area contributed by atoms with E-state index in [-0.39, 0.29) is 11.1 Å².